The molecule has 7 nitrogen and oxygen atoms in total. The van der Waals surface area contributed by atoms with Crippen LogP contribution in [0.25, 0.3) is 17.1 Å². The van der Waals surface area contributed by atoms with Crippen molar-refractivity contribution in [2.75, 3.05) is 26.2 Å². The van der Waals surface area contributed by atoms with E-state index in [1.165, 1.54) is 0 Å². The van der Waals surface area contributed by atoms with Gasteiger partial charge in [-0.1, -0.05) is 35.9 Å². The quantitative estimate of drug-likeness (QED) is 0.457. The first-order chi connectivity index (χ1) is 16.6. The molecule has 172 valence electrons. The monoisotopic (exact) mass is 454 g/mol. The van der Waals surface area contributed by atoms with Crippen LogP contribution in [0.4, 0.5) is 0 Å². The Bertz CT molecular complexity index is 1290. The second-order valence-corrected chi connectivity index (χ2v) is 8.45. The average molecular weight is 455 g/mol. The lowest BCUT2D eigenvalue weighted by atomic mass is 10.1. The highest BCUT2D eigenvalue weighted by atomic mass is 16.3. The second kappa shape index (κ2) is 9.39. The summed E-state index contributed by atoms with van der Waals surface area (Å²) in [6.45, 7) is 4.13. The molecular weight excluding hydrogens is 428 g/mol. The smallest absolute Gasteiger partial charge is 0.272 e. The topological polar surface area (TPSA) is 71.6 Å². The van der Waals surface area contributed by atoms with Gasteiger partial charge in [-0.15, -0.1) is 0 Å². The van der Waals surface area contributed by atoms with Gasteiger partial charge < -0.3 is 14.2 Å². The Balaban J connectivity index is 1.39. The van der Waals surface area contributed by atoms with E-state index in [1.807, 2.05) is 77.4 Å². The maximum absolute atomic E-state index is 13.7. The molecule has 0 radical (unpaired) electrons. The van der Waals surface area contributed by atoms with Crippen molar-refractivity contribution < 1.29 is 14.0 Å². The van der Waals surface area contributed by atoms with Crippen molar-refractivity contribution in [2.45, 2.75) is 13.3 Å². The van der Waals surface area contributed by atoms with E-state index in [0.717, 1.165) is 11.3 Å². The van der Waals surface area contributed by atoms with E-state index in [4.69, 9.17) is 4.42 Å². The Morgan fingerprint density at radius 3 is 2.29 bits per heavy atom. The van der Waals surface area contributed by atoms with Crippen LogP contribution in [-0.4, -0.2) is 57.6 Å². The number of rotatable bonds is 4. The zero-order valence-corrected chi connectivity index (χ0v) is 19.1. The van der Waals surface area contributed by atoms with E-state index in [2.05, 4.69) is 5.10 Å². The normalized spacial score (nSPS) is 14.1. The summed E-state index contributed by atoms with van der Waals surface area (Å²) in [4.78, 5) is 30.3. The van der Waals surface area contributed by atoms with E-state index in [-0.39, 0.29) is 11.8 Å². The Labute approximate surface area is 198 Å². The van der Waals surface area contributed by atoms with Crippen molar-refractivity contribution in [1.82, 2.24) is 19.6 Å². The third-order valence-corrected chi connectivity index (χ3v) is 6.04. The van der Waals surface area contributed by atoms with Gasteiger partial charge in [0.2, 0.25) is 0 Å². The van der Waals surface area contributed by atoms with Gasteiger partial charge in [-0.2, -0.15) is 5.10 Å². The molecule has 0 unspecified atom stereocenters. The van der Waals surface area contributed by atoms with E-state index >= 15 is 0 Å². The fraction of sp³-hybridized carbons (Fsp3) is 0.222. The van der Waals surface area contributed by atoms with Gasteiger partial charge in [0.05, 0.1) is 12.0 Å². The Hall–Kier alpha value is -4.13. The summed E-state index contributed by atoms with van der Waals surface area (Å²) in [6.07, 6.45) is 2.31. The van der Waals surface area contributed by atoms with Crippen molar-refractivity contribution in [3.63, 3.8) is 0 Å². The molecule has 0 saturated carbocycles. The Morgan fingerprint density at radius 1 is 0.824 bits per heavy atom. The van der Waals surface area contributed by atoms with Crippen LogP contribution in [-0.2, 0) is 0 Å². The van der Waals surface area contributed by atoms with E-state index in [1.54, 1.807) is 23.1 Å². The molecule has 0 aliphatic carbocycles. The fourth-order valence-corrected chi connectivity index (χ4v) is 4.29. The highest BCUT2D eigenvalue weighted by molar-refractivity contribution is 5.95. The number of amides is 2. The number of carbonyl (C=O) groups is 2. The van der Waals surface area contributed by atoms with Gasteiger partial charge in [0.15, 0.2) is 5.76 Å². The van der Waals surface area contributed by atoms with Crippen molar-refractivity contribution in [3.8, 4) is 17.1 Å². The van der Waals surface area contributed by atoms with Crippen molar-refractivity contribution in [1.29, 1.82) is 0 Å². The van der Waals surface area contributed by atoms with E-state index < -0.39 is 0 Å². The molecule has 5 rings (SSSR count). The largest absolute Gasteiger partial charge is 0.463 e. The summed E-state index contributed by atoms with van der Waals surface area (Å²) in [5.41, 5.74) is 3.61. The minimum Gasteiger partial charge on any atom is -0.463 e. The number of hydrogen-bond acceptors (Lipinski definition) is 4. The van der Waals surface area contributed by atoms with Gasteiger partial charge in [0.1, 0.15) is 11.4 Å². The summed E-state index contributed by atoms with van der Waals surface area (Å²) in [7, 11) is 0. The number of aryl methyl sites for hydroxylation is 1. The SMILES string of the molecule is Cc1cccc(C(=O)N2CCCN(C(=O)c3cc(-c4ccco4)nn3-c3ccccc3)CC2)c1. The molecule has 3 heterocycles. The molecule has 0 atom stereocenters. The molecule has 1 aliphatic rings. The second-order valence-electron chi connectivity index (χ2n) is 8.45. The van der Waals surface area contributed by atoms with Crippen LogP contribution in [0.5, 0.6) is 0 Å². The summed E-state index contributed by atoms with van der Waals surface area (Å²) in [6, 6.07) is 22.6. The molecule has 2 aromatic heterocycles. The van der Waals surface area contributed by atoms with Gasteiger partial charge in [0, 0.05) is 37.8 Å². The highest BCUT2D eigenvalue weighted by Crippen LogP contribution is 2.24. The van der Waals surface area contributed by atoms with Crippen LogP contribution in [0.15, 0.2) is 83.5 Å². The lowest BCUT2D eigenvalue weighted by molar-refractivity contribution is 0.0714. The first-order valence-electron chi connectivity index (χ1n) is 11.4. The van der Waals surface area contributed by atoms with Crippen LogP contribution in [0.1, 0.15) is 32.8 Å². The van der Waals surface area contributed by atoms with Gasteiger partial charge in [-0.3, -0.25) is 9.59 Å². The lowest BCUT2D eigenvalue weighted by Gasteiger charge is -2.22. The molecule has 7 heteroatoms. The van der Waals surface area contributed by atoms with Crippen LogP contribution in [0, 0.1) is 6.92 Å². The number of furan rings is 1. The van der Waals surface area contributed by atoms with Gasteiger partial charge in [-0.25, -0.2) is 4.68 Å². The van der Waals surface area contributed by atoms with E-state index in [0.29, 0.717) is 55.3 Å². The number of hydrogen-bond donors (Lipinski definition) is 0. The third kappa shape index (κ3) is 4.37. The van der Waals surface area contributed by atoms with Crippen molar-refractivity contribution in [3.05, 3.63) is 95.9 Å². The van der Waals surface area contributed by atoms with Crippen molar-refractivity contribution in [2.24, 2.45) is 0 Å². The molecule has 0 N–H and O–H groups in total. The Morgan fingerprint density at radius 2 is 1.59 bits per heavy atom. The summed E-state index contributed by atoms with van der Waals surface area (Å²) < 4.78 is 7.18. The lowest BCUT2D eigenvalue weighted by Crippen LogP contribution is -2.38. The summed E-state index contributed by atoms with van der Waals surface area (Å²) in [5.74, 6) is 0.501. The van der Waals surface area contributed by atoms with Gasteiger partial charge in [0.25, 0.3) is 11.8 Å². The van der Waals surface area contributed by atoms with Crippen molar-refractivity contribution >= 4 is 11.8 Å². The van der Waals surface area contributed by atoms with Gasteiger partial charge in [-0.05, 0) is 49.7 Å². The van der Waals surface area contributed by atoms with Crippen LogP contribution < -0.4 is 0 Å². The predicted octanol–water partition coefficient (Wildman–Crippen LogP) is 4.43. The standard InChI is InChI=1S/C27H26N4O3/c1-20-8-5-9-21(18-20)26(32)29-13-7-14-30(16-15-29)27(33)24-19-23(25-12-6-17-34-25)28-31(24)22-10-3-2-4-11-22/h2-6,8-12,17-19H,7,13-16H2,1H3. The Kier molecular flexibility index (Phi) is 5.99. The van der Waals surface area contributed by atoms with Gasteiger partial charge >= 0.3 is 0 Å². The molecule has 1 aliphatic heterocycles. The molecule has 1 saturated heterocycles. The minimum atomic E-state index is -0.112. The molecule has 2 aromatic carbocycles. The zero-order valence-electron chi connectivity index (χ0n) is 19.1. The highest BCUT2D eigenvalue weighted by Gasteiger charge is 2.27. The molecular formula is C27H26N4O3. The number of aromatic nitrogens is 2. The number of nitrogens with zero attached hydrogens (tertiary/aromatic N) is 4. The molecule has 4 aromatic rings. The molecule has 0 bridgehead atoms. The minimum absolute atomic E-state index is 0.00688. The first-order valence-corrected chi connectivity index (χ1v) is 11.4. The molecule has 34 heavy (non-hydrogen) atoms. The molecule has 0 spiro atoms. The number of benzene rings is 2. The van der Waals surface area contributed by atoms with Crippen LogP contribution >= 0.6 is 0 Å². The maximum atomic E-state index is 13.7. The third-order valence-electron chi connectivity index (χ3n) is 6.04. The average Bonchev–Trinajstić information content (AvgIpc) is 3.49. The predicted molar refractivity (Wildman–Crippen MR) is 129 cm³/mol. The summed E-state index contributed by atoms with van der Waals surface area (Å²) in [5, 5.41) is 4.66. The summed E-state index contributed by atoms with van der Waals surface area (Å²) >= 11 is 0. The zero-order chi connectivity index (χ0) is 23.5. The molecule has 1 fully saturated rings. The fourth-order valence-electron chi connectivity index (χ4n) is 4.29. The van der Waals surface area contributed by atoms with Crippen LogP contribution in [0.2, 0.25) is 0 Å². The number of para-hydroxylation sites is 1. The first kappa shape index (κ1) is 21.7. The van der Waals surface area contributed by atoms with Crippen LogP contribution in [0.3, 0.4) is 0 Å². The number of carbonyl (C=O) groups excluding carboxylic acids is 2. The molecule has 2 amide bonds. The maximum Gasteiger partial charge on any atom is 0.272 e. The van der Waals surface area contributed by atoms with E-state index in [9.17, 15) is 9.59 Å².